The fourth-order valence-corrected chi connectivity index (χ4v) is 4.33. The Morgan fingerprint density at radius 1 is 1.18 bits per heavy atom. The van der Waals surface area contributed by atoms with Crippen LogP contribution in [0.1, 0.15) is 63.8 Å². The third kappa shape index (κ3) is 5.49. The molecule has 3 heterocycles. The third-order valence-electron chi connectivity index (χ3n) is 5.74. The Kier molecular flexibility index (Phi) is 6.76. The molecular formula is C24H31N7O3. The lowest BCUT2D eigenvalue weighted by Gasteiger charge is -2.37. The first-order valence-electron chi connectivity index (χ1n) is 11.6. The summed E-state index contributed by atoms with van der Waals surface area (Å²) < 4.78 is 5.56. The number of tetrazole rings is 1. The van der Waals surface area contributed by atoms with Crippen molar-refractivity contribution in [2.75, 3.05) is 0 Å². The van der Waals surface area contributed by atoms with Crippen molar-refractivity contribution in [3.05, 3.63) is 48.0 Å². The van der Waals surface area contributed by atoms with Gasteiger partial charge in [-0.2, -0.15) is 4.80 Å². The van der Waals surface area contributed by atoms with Gasteiger partial charge >= 0.3 is 0 Å². The maximum Gasteiger partial charge on any atom is 0.247 e. The molecule has 0 spiro atoms. The van der Waals surface area contributed by atoms with Gasteiger partial charge in [0, 0.05) is 24.0 Å². The SMILES string of the molecule is Cc1ccc(-c2nnn(CC(=O)N(C3CCCC3)[C@H](C(=O)NC(C)(C)C)c3ccncc3)n2)o1. The summed E-state index contributed by atoms with van der Waals surface area (Å²) in [6.45, 7) is 7.47. The molecule has 1 aliphatic rings. The minimum Gasteiger partial charge on any atom is -0.458 e. The molecule has 34 heavy (non-hydrogen) atoms. The van der Waals surface area contributed by atoms with E-state index in [1.165, 1.54) is 4.80 Å². The molecule has 3 aromatic heterocycles. The average molecular weight is 466 g/mol. The van der Waals surface area contributed by atoms with Gasteiger partial charge in [0.2, 0.25) is 17.6 Å². The van der Waals surface area contributed by atoms with Gasteiger partial charge in [-0.15, -0.1) is 10.2 Å². The summed E-state index contributed by atoms with van der Waals surface area (Å²) in [4.78, 5) is 34.3. The summed E-state index contributed by atoms with van der Waals surface area (Å²) in [5, 5.41) is 15.4. The number of nitrogens with zero attached hydrogens (tertiary/aromatic N) is 6. The van der Waals surface area contributed by atoms with E-state index in [9.17, 15) is 9.59 Å². The first-order chi connectivity index (χ1) is 16.2. The van der Waals surface area contributed by atoms with Crippen molar-refractivity contribution in [3.63, 3.8) is 0 Å². The lowest BCUT2D eigenvalue weighted by atomic mass is 10.00. The second kappa shape index (κ2) is 9.74. The zero-order valence-electron chi connectivity index (χ0n) is 20.1. The van der Waals surface area contributed by atoms with Gasteiger partial charge < -0.3 is 14.6 Å². The molecule has 0 aliphatic heterocycles. The van der Waals surface area contributed by atoms with Gasteiger partial charge in [-0.1, -0.05) is 12.8 Å². The number of amides is 2. The van der Waals surface area contributed by atoms with E-state index in [0.717, 1.165) is 37.0 Å². The molecule has 1 saturated carbocycles. The van der Waals surface area contributed by atoms with Crippen molar-refractivity contribution in [2.24, 2.45) is 0 Å². The standard InChI is InChI=1S/C24H31N7O3/c1-16-9-10-19(34-16)22-27-29-30(28-22)15-20(32)31(18-7-5-6-8-18)21(17-11-13-25-14-12-17)23(33)26-24(2,3)4/h9-14,18,21H,5-8,15H2,1-4H3,(H,26,33)/t21-/m0/s1. The molecule has 2 amide bonds. The fourth-order valence-electron chi connectivity index (χ4n) is 4.33. The van der Waals surface area contributed by atoms with Gasteiger partial charge in [0.05, 0.1) is 0 Å². The number of pyridine rings is 1. The van der Waals surface area contributed by atoms with E-state index in [1.807, 2.05) is 33.8 Å². The Labute approximate surface area is 198 Å². The van der Waals surface area contributed by atoms with Crippen LogP contribution in [0.5, 0.6) is 0 Å². The van der Waals surface area contributed by atoms with Gasteiger partial charge in [0.25, 0.3) is 0 Å². The molecule has 0 aromatic carbocycles. The molecule has 1 atom stereocenters. The van der Waals surface area contributed by atoms with Crippen LogP contribution in [0.2, 0.25) is 0 Å². The molecule has 4 rings (SSSR count). The molecule has 0 saturated heterocycles. The van der Waals surface area contributed by atoms with Crippen LogP contribution >= 0.6 is 0 Å². The van der Waals surface area contributed by atoms with Gasteiger partial charge in [0.1, 0.15) is 18.3 Å². The molecule has 1 fully saturated rings. The Balaban J connectivity index is 1.64. The van der Waals surface area contributed by atoms with Crippen molar-refractivity contribution < 1.29 is 14.0 Å². The first-order valence-corrected chi connectivity index (χ1v) is 11.6. The largest absolute Gasteiger partial charge is 0.458 e. The zero-order valence-corrected chi connectivity index (χ0v) is 20.1. The van der Waals surface area contributed by atoms with Crippen molar-refractivity contribution in [1.82, 2.24) is 35.4 Å². The highest BCUT2D eigenvalue weighted by atomic mass is 16.3. The lowest BCUT2D eigenvalue weighted by Crippen LogP contribution is -2.52. The van der Waals surface area contributed by atoms with Crippen molar-refractivity contribution in [2.45, 2.75) is 77.5 Å². The summed E-state index contributed by atoms with van der Waals surface area (Å²) in [6.07, 6.45) is 7.00. The predicted molar refractivity (Wildman–Crippen MR) is 124 cm³/mol. The molecule has 0 radical (unpaired) electrons. The normalized spacial score (nSPS) is 15.3. The summed E-state index contributed by atoms with van der Waals surface area (Å²) in [6, 6.07) is 6.32. The Bertz CT molecular complexity index is 1130. The summed E-state index contributed by atoms with van der Waals surface area (Å²) >= 11 is 0. The lowest BCUT2D eigenvalue weighted by molar-refractivity contribution is -0.145. The van der Waals surface area contributed by atoms with Gasteiger partial charge in [0.15, 0.2) is 5.76 Å². The quantitative estimate of drug-likeness (QED) is 0.569. The molecule has 1 aliphatic carbocycles. The Morgan fingerprint density at radius 3 is 2.50 bits per heavy atom. The second-order valence-electron chi connectivity index (χ2n) is 9.72. The summed E-state index contributed by atoms with van der Waals surface area (Å²) in [5.74, 6) is 1.07. The highest BCUT2D eigenvalue weighted by Gasteiger charge is 2.38. The van der Waals surface area contributed by atoms with Crippen molar-refractivity contribution >= 4 is 11.8 Å². The number of hydrogen-bond acceptors (Lipinski definition) is 7. The highest BCUT2D eigenvalue weighted by Crippen LogP contribution is 2.32. The fraction of sp³-hybridized carbons (Fsp3) is 0.500. The third-order valence-corrected chi connectivity index (χ3v) is 5.74. The van der Waals surface area contributed by atoms with Crippen LogP contribution in [-0.4, -0.2) is 53.5 Å². The topological polar surface area (TPSA) is 119 Å². The van der Waals surface area contributed by atoms with Gasteiger partial charge in [-0.05, 0) is 75.6 Å². The first kappa shape index (κ1) is 23.6. The van der Waals surface area contributed by atoms with Crippen LogP contribution in [0.15, 0.2) is 41.1 Å². The van der Waals surface area contributed by atoms with E-state index >= 15 is 0 Å². The number of aromatic nitrogens is 5. The van der Waals surface area contributed by atoms with Crippen LogP contribution in [0.3, 0.4) is 0 Å². The van der Waals surface area contributed by atoms with E-state index in [0.29, 0.717) is 11.6 Å². The minimum atomic E-state index is -0.784. The van der Waals surface area contributed by atoms with E-state index in [2.05, 4.69) is 25.7 Å². The highest BCUT2D eigenvalue weighted by molar-refractivity contribution is 5.89. The van der Waals surface area contributed by atoms with Crippen LogP contribution < -0.4 is 5.32 Å². The number of aryl methyl sites for hydroxylation is 1. The molecule has 3 aromatic rings. The van der Waals surface area contributed by atoms with Crippen LogP contribution in [0.4, 0.5) is 0 Å². The number of nitrogens with one attached hydrogen (secondary N) is 1. The number of carbonyl (C=O) groups excluding carboxylic acids is 2. The van der Waals surface area contributed by atoms with E-state index < -0.39 is 11.6 Å². The molecule has 1 N–H and O–H groups in total. The van der Waals surface area contributed by atoms with Gasteiger partial charge in [-0.25, -0.2) is 0 Å². The average Bonchev–Trinajstić information content (AvgIpc) is 3.53. The van der Waals surface area contributed by atoms with E-state index in [1.54, 1.807) is 35.5 Å². The molecule has 10 nitrogen and oxygen atoms in total. The van der Waals surface area contributed by atoms with Crippen LogP contribution in [0, 0.1) is 6.92 Å². The molecule has 0 unspecified atom stereocenters. The number of furan rings is 1. The monoisotopic (exact) mass is 465 g/mol. The molecular weight excluding hydrogens is 434 g/mol. The van der Waals surface area contributed by atoms with E-state index in [-0.39, 0.29) is 24.4 Å². The van der Waals surface area contributed by atoms with Gasteiger partial charge in [-0.3, -0.25) is 14.6 Å². The van der Waals surface area contributed by atoms with Crippen molar-refractivity contribution in [1.29, 1.82) is 0 Å². The summed E-state index contributed by atoms with van der Waals surface area (Å²) in [5.41, 5.74) is 0.270. The second-order valence-corrected chi connectivity index (χ2v) is 9.72. The Hall–Kier alpha value is -3.56. The number of rotatable bonds is 7. The molecule has 0 bridgehead atoms. The van der Waals surface area contributed by atoms with Crippen LogP contribution in [-0.2, 0) is 16.1 Å². The maximum atomic E-state index is 13.7. The molecule has 180 valence electrons. The van der Waals surface area contributed by atoms with Crippen LogP contribution in [0.25, 0.3) is 11.6 Å². The minimum absolute atomic E-state index is 0.0490. The maximum absolute atomic E-state index is 13.7. The predicted octanol–water partition coefficient (Wildman–Crippen LogP) is 3.06. The smallest absolute Gasteiger partial charge is 0.247 e. The summed E-state index contributed by atoms with van der Waals surface area (Å²) in [7, 11) is 0. The molecule has 10 heteroatoms. The number of hydrogen-bond donors (Lipinski definition) is 1. The number of carbonyl (C=O) groups is 2. The van der Waals surface area contributed by atoms with E-state index in [4.69, 9.17) is 4.42 Å². The van der Waals surface area contributed by atoms with Crippen molar-refractivity contribution in [3.8, 4) is 11.6 Å². The zero-order chi connectivity index (χ0) is 24.3. The Morgan fingerprint density at radius 2 is 1.88 bits per heavy atom.